The maximum Gasteiger partial charge on any atom is 0.0587 e. The van der Waals surface area contributed by atoms with Gasteiger partial charge >= 0.3 is 0 Å². The molecule has 1 aromatic rings. The zero-order chi connectivity index (χ0) is 9.10. The first-order valence-corrected chi connectivity index (χ1v) is 4.86. The first-order chi connectivity index (χ1) is 6.40. The minimum absolute atomic E-state index is 0.296. The molecule has 13 heavy (non-hydrogen) atoms. The molecule has 2 heterocycles. The molecule has 1 aromatic heterocycles. The average molecular weight is 180 g/mol. The topological polar surface area (TPSA) is 39.3 Å². The van der Waals surface area contributed by atoms with Crippen molar-refractivity contribution >= 4 is 0 Å². The Bertz CT molecular complexity index is 245. The molecule has 1 unspecified atom stereocenters. The number of aliphatic hydroxyl groups is 1. The van der Waals surface area contributed by atoms with Gasteiger partial charge < -0.3 is 10.1 Å². The monoisotopic (exact) mass is 180 g/mol. The molecule has 2 N–H and O–H groups in total. The van der Waals surface area contributed by atoms with Crippen LogP contribution in [0, 0.1) is 0 Å². The highest BCUT2D eigenvalue weighted by Gasteiger charge is 2.23. The SMILES string of the molecule is OCC1CCCN1Cc1cc[nH]c1. The van der Waals surface area contributed by atoms with Crippen molar-refractivity contribution in [1.82, 2.24) is 9.88 Å². The first kappa shape index (κ1) is 8.78. The van der Waals surface area contributed by atoms with Crippen LogP contribution in [0.1, 0.15) is 18.4 Å². The molecule has 1 atom stereocenters. The number of H-pyrrole nitrogens is 1. The van der Waals surface area contributed by atoms with E-state index in [1.807, 2.05) is 12.4 Å². The van der Waals surface area contributed by atoms with Gasteiger partial charge in [-0.1, -0.05) is 0 Å². The minimum Gasteiger partial charge on any atom is -0.395 e. The summed E-state index contributed by atoms with van der Waals surface area (Å²) in [6.07, 6.45) is 6.32. The Hall–Kier alpha value is -0.800. The van der Waals surface area contributed by atoms with Gasteiger partial charge in [-0.15, -0.1) is 0 Å². The molecular formula is C10H16N2O. The van der Waals surface area contributed by atoms with Crippen LogP contribution in [0.15, 0.2) is 18.5 Å². The third kappa shape index (κ3) is 1.92. The second-order valence-corrected chi connectivity index (χ2v) is 3.67. The largest absolute Gasteiger partial charge is 0.395 e. The third-order valence-electron chi connectivity index (χ3n) is 2.76. The molecule has 3 heteroatoms. The van der Waals surface area contributed by atoms with Gasteiger partial charge in [0.2, 0.25) is 0 Å². The van der Waals surface area contributed by atoms with Gasteiger partial charge in [0.1, 0.15) is 0 Å². The Morgan fingerprint density at radius 3 is 3.23 bits per heavy atom. The molecule has 1 aliphatic rings. The Balaban J connectivity index is 1.94. The zero-order valence-corrected chi connectivity index (χ0v) is 7.74. The van der Waals surface area contributed by atoms with E-state index in [9.17, 15) is 0 Å². The fraction of sp³-hybridized carbons (Fsp3) is 0.600. The average Bonchev–Trinajstić information content (AvgIpc) is 2.76. The van der Waals surface area contributed by atoms with Crippen molar-refractivity contribution in [3.63, 3.8) is 0 Å². The minimum atomic E-state index is 0.296. The van der Waals surface area contributed by atoms with E-state index in [0.717, 1.165) is 19.5 Å². The van der Waals surface area contributed by atoms with E-state index < -0.39 is 0 Å². The lowest BCUT2D eigenvalue weighted by Crippen LogP contribution is -2.31. The van der Waals surface area contributed by atoms with Crippen LogP contribution in [0.2, 0.25) is 0 Å². The summed E-state index contributed by atoms with van der Waals surface area (Å²) in [7, 11) is 0. The summed E-state index contributed by atoms with van der Waals surface area (Å²) >= 11 is 0. The smallest absolute Gasteiger partial charge is 0.0587 e. The van der Waals surface area contributed by atoms with Crippen molar-refractivity contribution in [1.29, 1.82) is 0 Å². The second-order valence-electron chi connectivity index (χ2n) is 3.67. The van der Waals surface area contributed by atoms with Crippen LogP contribution in [0.5, 0.6) is 0 Å². The van der Waals surface area contributed by atoms with Crippen molar-refractivity contribution in [2.24, 2.45) is 0 Å². The molecule has 2 rings (SSSR count). The van der Waals surface area contributed by atoms with Gasteiger partial charge in [-0.25, -0.2) is 0 Å². The van der Waals surface area contributed by atoms with Gasteiger partial charge in [0.15, 0.2) is 0 Å². The van der Waals surface area contributed by atoms with E-state index >= 15 is 0 Å². The lowest BCUT2D eigenvalue weighted by Gasteiger charge is -2.21. The molecule has 1 saturated heterocycles. The normalized spacial score (nSPS) is 23.9. The van der Waals surface area contributed by atoms with Crippen LogP contribution in [-0.4, -0.2) is 34.2 Å². The zero-order valence-electron chi connectivity index (χ0n) is 7.74. The third-order valence-corrected chi connectivity index (χ3v) is 2.76. The van der Waals surface area contributed by atoms with Gasteiger partial charge in [0.05, 0.1) is 6.61 Å². The predicted molar refractivity (Wildman–Crippen MR) is 51.3 cm³/mol. The lowest BCUT2D eigenvalue weighted by atomic mass is 10.2. The van der Waals surface area contributed by atoms with E-state index in [1.165, 1.54) is 12.0 Å². The number of aromatic nitrogens is 1. The van der Waals surface area contributed by atoms with Gasteiger partial charge in [-0.05, 0) is 31.0 Å². The standard InChI is InChI=1S/C10H16N2O/c13-8-10-2-1-5-12(10)7-9-3-4-11-6-9/h3-4,6,10-11,13H,1-2,5,7-8H2. The van der Waals surface area contributed by atoms with Crippen molar-refractivity contribution in [2.75, 3.05) is 13.2 Å². The molecule has 1 aliphatic heterocycles. The molecule has 0 saturated carbocycles. The summed E-state index contributed by atoms with van der Waals surface area (Å²) in [5.41, 5.74) is 1.31. The quantitative estimate of drug-likeness (QED) is 0.727. The second kappa shape index (κ2) is 3.94. The van der Waals surface area contributed by atoms with Gasteiger partial charge in [0.25, 0.3) is 0 Å². The van der Waals surface area contributed by atoms with Gasteiger partial charge in [0, 0.05) is 25.0 Å². The number of hydrogen-bond acceptors (Lipinski definition) is 2. The molecule has 0 radical (unpaired) electrons. The maximum absolute atomic E-state index is 9.12. The highest BCUT2D eigenvalue weighted by atomic mass is 16.3. The Kier molecular flexibility index (Phi) is 2.66. The summed E-state index contributed by atoms with van der Waals surface area (Å²) in [6.45, 7) is 2.38. The van der Waals surface area contributed by atoms with Crippen molar-refractivity contribution in [3.05, 3.63) is 24.0 Å². The van der Waals surface area contributed by atoms with E-state index in [0.29, 0.717) is 12.6 Å². The van der Waals surface area contributed by atoms with Crippen LogP contribution in [0.4, 0.5) is 0 Å². The van der Waals surface area contributed by atoms with Gasteiger partial charge in [-0.2, -0.15) is 0 Å². The van der Waals surface area contributed by atoms with Crippen LogP contribution in [-0.2, 0) is 6.54 Å². The lowest BCUT2D eigenvalue weighted by molar-refractivity contribution is 0.153. The maximum atomic E-state index is 9.12. The number of rotatable bonds is 3. The fourth-order valence-corrected chi connectivity index (χ4v) is 2.00. The van der Waals surface area contributed by atoms with E-state index in [2.05, 4.69) is 16.0 Å². The molecule has 0 bridgehead atoms. The summed E-state index contributed by atoms with van der Waals surface area (Å²) in [6, 6.07) is 2.47. The van der Waals surface area contributed by atoms with Crippen LogP contribution < -0.4 is 0 Å². The van der Waals surface area contributed by atoms with Crippen molar-refractivity contribution in [3.8, 4) is 0 Å². The number of nitrogens with zero attached hydrogens (tertiary/aromatic N) is 1. The van der Waals surface area contributed by atoms with Crippen LogP contribution in [0.25, 0.3) is 0 Å². The van der Waals surface area contributed by atoms with E-state index in [-0.39, 0.29) is 0 Å². The van der Waals surface area contributed by atoms with Crippen molar-refractivity contribution in [2.45, 2.75) is 25.4 Å². The number of aliphatic hydroxyl groups excluding tert-OH is 1. The number of hydrogen-bond donors (Lipinski definition) is 2. The van der Waals surface area contributed by atoms with E-state index in [1.54, 1.807) is 0 Å². The number of aromatic amines is 1. The Labute approximate surface area is 78.4 Å². The molecule has 0 aromatic carbocycles. The molecule has 3 nitrogen and oxygen atoms in total. The van der Waals surface area contributed by atoms with Crippen LogP contribution in [0.3, 0.4) is 0 Å². The molecule has 0 amide bonds. The fourth-order valence-electron chi connectivity index (χ4n) is 2.00. The number of likely N-dealkylation sites (tertiary alicyclic amines) is 1. The molecule has 0 spiro atoms. The summed E-state index contributed by atoms with van der Waals surface area (Å²) < 4.78 is 0. The Morgan fingerprint density at radius 1 is 1.62 bits per heavy atom. The van der Waals surface area contributed by atoms with Gasteiger partial charge in [-0.3, -0.25) is 4.90 Å². The summed E-state index contributed by atoms with van der Waals surface area (Å²) in [5, 5.41) is 9.12. The highest BCUT2D eigenvalue weighted by molar-refractivity contribution is 5.08. The number of nitrogens with one attached hydrogen (secondary N) is 1. The predicted octanol–water partition coefficient (Wildman–Crippen LogP) is 0.971. The summed E-state index contributed by atoms with van der Waals surface area (Å²) in [4.78, 5) is 5.40. The van der Waals surface area contributed by atoms with Crippen LogP contribution >= 0.6 is 0 Å². The molecule has 0 aliphatic carbocycles. The van der Waals surface area contributed by atoms with Crippen molar-refractivity contribution < 1.29 is 5.11 Å². The highest BCUT2D eigenvalue weighted by Crippen LogP contribution is 2.19. The molecule has 72 valence electrons. The van der Waals surface area contributed by atoms with E-state index in [4.69, 9.17) is 5.11 Å². The Morgan fingerprint density at radius 2 is 2.54 bits per heavy atom. The molecular weight excluding hydrogens is 164 g/mol. The molecule has 1 fully saturated rings. The summed E-state index contributed by atoms with van der Waals surface area (Å²) in [5.74, 6) is 0. The first-order valence-electron chi connectivity index (χ1n) is 4.86.